The van der Waals surface area contributed by atoms with E-state index in [4.69, 9.17) is 0 Å². The highest BCUT2D eigenvalue weighted by atomic mass is 32.1. The number of imide groups is 1. The van der Waals surface area contributed by atoms with Crippen molar-refractivity contribution in [1.29, 1.82) is 0 Å². The van der Waals surface area contributed by atoms with Gasteiger partial charge in [-0.3, -0.25) is 19.7 Å². The molecule has 1 aromatic carbocycles. The molecule has 1 fully saturated rings. The van der Waals surface area contributed by atoms with E-state index in [2.05, 4.69) is 20.9 Å². The Bertz CT molecular complexity index is 941. The van der Waals surface area contributed by atoms with Crippen molar-refractivity contribution in [2.45, 2.75) is 38.5 Å². The zero-order chi connectivity index (χ0) is 19.7. The fraction of sp³-hybridized carbons (Fsp3) is 0.368. The lowest BCUT2D eigenvalue weighted by Gasteiger charge is -2.29. The Hall–Kier alpha value is -2.78. The lowest BCUT2D eigenvalue weighted by Crippen LogP contribution is -2.52. The van der Waals surface area contributed by atoms with Gasteiger partial charge >= 0.3 is 0 Å². The molecule has 0 radical (unpaired) electrons. The van der Waals surface area contributed by atoms with Gasteiger partial charge in [-0.2, -0.15) is 0 Å². The van der Waals surface area contributed by atoms with Gasteiger partial charge in [0.1, 0.15) is 6.04 Å². The molecule has 9 heteroatoms. The Morgan fingerprint density at radius 3 is 2.93 bits per heavy atom. The van der Waals surface area contributed by atoms with Gasteiger partial charge in [0.15, 0.2) is 5.13 Å². The van der Waals surface area contributed by atoms with E-state index < -0.39 is 6.04 Å². The fourth-order valence-corrected chi connectivity index (χ4v) is 4.25. The standard InChI is InChI=1S/C19H21N5O3S/c1-20-8-13-10-28-19(22-13)21-7-11-2-3-12-9-24(18(27)14(12)6-11)15-4-5-16(25)23-17(15)26/h2-3,6,10,15,20H,4-5,7-9H2,1H3,(H,21,22)(H,23,25,26). The molecule has 1 aromatic heterocycles. The van der Waals surface area contributed by atoms with Crippen LogP contribution in [-0.4, -0.2) is 40.7 Å². The molecule has 0 saturated carbocycles. The van der Waals surface area contributed by atoms with Crippen molar-refractivity contribution in [3.8, 4) is 0 Å². The highest BCUT2D eigenvalue weighted by Crippen LogP contribution is 2.28. The number of benzene rings is 1. The van der Waals surface area contributed by atoms with Gasteiger partial charge in [0.25, 0.3) is 5.91 Å². The summed E-state index contributed by atoms with van der Waals surface area (Å²) in [6.45, 7) is 1.68. The summed E-state index contributed by atoms with van der Waals surface area (Å²) in [6, 6.07) is 5.21. The number of hydrogen-bond donors (Lipinski definition) is 3. The SMILES string of the molecule is CNCc1csc(NCc2ccc3c(c2)C(=O)N(C2CCC(=O)NC2=O)C3)n1. The number of amides is 3. The van der Waals surface area contributed by atoms with E-state index in [1.165, 1.54) is 0 Å². The largest absolute Gasteiger partial charge is 0.357 e. The number of aromatic nitrogens is 1. The maximum absolute atomic E-state index is 12.8. The summed E-state index contributed by atoms with van der Waals surface area (Å²) < 4.78 is 0. The molecule has 2 aliphatic rings. The van der Waals surface area contributed by atoms with Gasteiger partial charge in [-0.15, -0.1) is 11.3 Å². The van der Waals surface area contributed by atoms with Crippen LogP contribution in [0.25, 0.3) is 0 Å². The molecule has 146 valence electrons. The summed E-state index contributed by atoms with van der Waals surface area (Å²) in [5.74, 6) is -0.823. The second-order valence-corrected chi connectivity index (χ2v) is 7.78. The van der Waals surface area contributed by atoms with Crippen LogP contribution in [0.2, 0.25) is 0 Å². The second kappa shape index (κ2) is 7.69. The van der Waals surface area contributed by atoms with Crippen LogP contribution in [-0.2, 0) is 29.2 Å². The van der Waals surface area contributed by atoms with Gasteiger partial charge < -0.3 is 15.5 Å². The molecule has 1 saturated heterocycles. The van der Waals surface area contributed by atoms with Gasteiger partial charge in [0.2, 0.25) is 11.8 Å². The number of fused-ring (bicyclic) bond motifs is 1. The summed E-state index contributed by atoms with van der Waals surface area (Å²) in [7, 11) is 1.88. The number of carbonyl (C=O) groups excluding carboxylic acids is 3. The van der Waals surface area contributed by atoms with Crippen molar-refractivity contribution in [3.63, 3.8) is 0 Å². The minimum atomic E-state index is -0.583. The Morgan fingerprint density at radius 2 is 2.14 bits per heavy atom. The Morgan fingerprint density at radius 1 is 1.29 bits per heavy atom. The summed E-state index contributed by atoms with van der Waals surface area (Å²) in [5.41, 5.74) is 3.49. The number of carbonyl (C=O) groups is 3. The molecule has 3 N–H and O–H groups in total. The lowest BCUT2D eigenvalue weighted by atomic mass is 10.0. The minimum absolute atomic E-state index is 0.156. The first-order chi connectivity index (χ1) is 13.5. The smallest absolute Gasteiger partial charge is 0.255 e. The van der Waals surface area contributed by atoms with Gasteiger partial charge in [0, 0.05) is 37.0 Å². The van der Waals surface area contributed by atoms with E-state index in [-0.39, 0.29) is 24.1 Å². The second-order valence-electron chi connectivity index (χ2n) is 6.92. The van der Waals surface area contributed by atoms with Crippen LogP contribution in [0.1, 0.15) is 40.0 Å². The summed E-state index contributed by atoms with van der Waals surface area (Å²) in [4.78, 5) is 42.4. The minimum Gasteiger partial charge on any atom is -0.357 e. The first-order valence-corrected chi connectivity index (χ1v) is 10.0. The lowest BCUT2D eigenvalue weighted by molar-refractivity contribution is -0.136. The van der Waals surface area contributed by atoms with E-state index >= 15 is 0 Å². The van der Waals surface area contributed by atoms with Crippen LogP contribution < -0.4 is 16.0 Å². The van der Waals surface area contributed by atoms with E-state index in [1.54, 1.807) is 16.2 Å². The predicted molar refractivity (Wildman–Crippen MR) is 105 cm³/mol. The molecule has 3 heterocycles. The molecule has 8 nitrogen and oxygen atoms in total. The zero-order valence-corrected chi connectivity index (χ0v) is 16.3. The number of nitrogens with zero attached hydrogens (tertiary/aromatic N) is 2. The number of hydrogen-bond acceptors (Lipinski definition) is 7. The quantitative estimate of drug-likeness (QED) is 0.632. The van der Waals surface area contributed by atoms with E-state index in [1.807, 2.05) is 30.6 Å². The monoisotopic (exact) mass is 399 g/mol. The molecular formula is C19H21N5O3S. The van der Waals surface area contributed by atoms with Crippen molar-refractivity contribution in [2.24, 2.45) is 0 Å². The van der Waals surface area contributed by atoms with Crippen LogP contribution in [0.15, 0.2) is 23.6 Å². The van der Waals surface area contributed by atoms with Crippen LogP contribution in [0.5, 0.6) is 0 Å². The summed E-state index contributed by atoms with van der Waals surface area (Å²) >= 11 is 1.54. The average molecular weight is 399 g/mol. The van der Waals surface area contributed by atoms with Crippen molar-refractivity contribution in [2.75, 3.05) is 12.4 Å². The normalized spacial score (nSPS) is 19.0. The van der Waals surface area contributed by atoms with Gasteiger partial charge in [-0.05, 0) is 30.7 Å². The van der Waals surface area contributed by atoms with Gasteiger partial charge in [0.05, 0.1) is 5.69 Å². The van der Waals surface area contributed by atoms with Gasteiger partial charge in [-0.1, -0.05) is 12.1 Å². The fourth-order valence-electron chi connectivity index (χ4n) is 3.54. The Balaban J connectivity index is 1.43. The maximum Gasteiger partial charge on any atom is 0.255 e. The number of rotatable bonds is 6. The molecular weight excluding hydrogens is 378 g/mol. The first kappa shape index (κ1) is 18.6. The highest BCUT2D eigenvalue weighted by Gasteiger charge is 2.39. The molecule has 1 unspecified atom stereocenters. The zero-order valence-electron chi connectivity index (χ0n) is 15.4. The van der Waals surface area contributed by atoms with Crippen LogP contribution >= 0.6 is 11.3 Å². The van der Waals surface area contributed by atoms with E-state index in [0.717, 1.165) is 28.5 Å². The third-order valence-electron chi connectivity index (χ3n) is 4.95. The third-order valence-corrected chi connectivity index (χ3v) is 5.79. The number of piperidine rings is 1. The first-order valence-electron chi connectivity index (χ1n) is 9.14. The molecule has 2 aromatic rings. The number of thiazole rings is 1. The van der Waals surface area contributed by atoms with Crippen LogP contribution in [0, 0.1) is 0 Å². The molecule has 0 spiro atoms. The van der Waals surface area contributed by atoms with Crippen LogP contribution in [0.3, 0.4) is 0 Å². The maximum atomic E-state index is 12.8. The molecule has 0 aliphatic carbocycles. The topological polar surface area (TPSA) is 103 Å². The van der Waals surface area contributed by atoms with Crippen molar-refractivity contribution < 1.29 is 14.4 Å². The van der Waals surface area contributed by atoms with E-state index in [0.29, 0.717) is 25.1 Å². The molecule has 0 bridgehead atoms. The van der Waals surface area contributed by atoms with Crippen LogP contribution in [0.4, 0.5) is 5.13 Å². The molecule has 28 heavy (non-hydrogen) atoms. The number of nitrogens with one attached hydrogen (secondary N) is 3. The Kier molecular flexibility index (Phi) is 5.10. The third kappa shape index (κ3) is 3.63. The highest BCUT2D eigenvalue weighted by molar-refractivity contribution is 7.13. The molecule has 1 atom stereocenters. The molecule has 3 amide bonds. The van der Waals surface area contributed by atoms with E-state index in [9.17, 15) is 14.4 Å². The Labute approximate surface area is 166 Å². The van der Waals surface area contributed by atoms with Gasteiger partial charge in [-0.25, -0.2) is 4.98 Å². The summed E-state index contributed by atoms with van der Waals surface area (Å²) in [5, 5.41) is 11.5. The number of anilines is 1. The molecule has 4 rings (SSSR count). The summed E-state index contributed by atoms with van der Waals surface area (Å²) in [6.07, 6.45) is 0.632. The van der Waals surface area contributed by atoms with Crippen molar-refractivity contribution in [3.05, 3.63) is 46.0 Å². The average Bonchev–Trinajstić information content (AvgIpc) is 3.25. The molecule has 2 aliphatic heterocycles. The predicted octanol–water partition coefficient (Wildman–Crippen LogP) is 1.24. The van der Waals surface area contributed by atoms with Crippen molar-refractivity contribution >= 4 is 34.2 Å². The van der Waals surface area contributed by atoms with Crippen molar-refractivity contribution in [1.82, 2.24) is 20.5 Å².